The maximum atomic E-state index is 6.43. The molecule has 4 heteroatoms. The van der Waals surface area contributed by atoms with Crippen molar-refractivity contribution in [1.29, 1.82) is 0 Å². The second-order valence-electron chi connectivity index (χ2n) is 6.10. The smallest absolute Gasteiger partial charge is 0.171 e. The molecule has 0 unspecified atom stereocenters. The van der Waals surface area contributed by atoms with Crippen LogP contribution in [0.1, 0.15) is 12.5 Å². The number of nitrogens with zero attached hydrogens (tertiary/aromatic N) is 1. The summed E-state index contributed by atoms with van der Waals surface area (Å²) in [6.45, 7) is 3.36. The molecule has 0 radical (unpaired) electrons. The summed E-state index contributed by atoms with van der Waals surface area (Å²) in [5.41, 5.74) is 2.47. The van der Waals surface area contributed by atoms with Gasteiger partial charge in [-0.05, 0) is 31.2 Å². The Morgan fingerprint density at radius 3 is 3.05 bits per heavy atom. The minimum atomic E-state index is 0.242. The van der Waals surface area contributed by atoms with E-state index in [0.29, 0.717) is 12.0 Å². The van der Waals surface area contributed by atoms with Crippen molar-refractivity contribution in [2.24, 2.45) is 5.92 Å². The van der Waals surface area contributed by atoms with Gasteiger partial charge >= 0.3 is 0 Å². The maximum Gasteiger partial charge on any atom is 0.171 e. The van der Waals surface area contributed by atoms with Gasteiger partial charge in [0.25, 0.3) is 0 Å². The molecule has 4 rings (SSSR count). The molecule has 0 aliphatic carbocycles. The van der Waals surface area contributed by atoms with Crippen LogP contribution in [-0.4, -0.2) is 42.7 Å². The first kappa shape index (κ1) is 12.1. The van der Waals surface area contributed by atoms with Crippen molar-refractivity contribution < 1.29 is 9.47 Å². The summed E-state index contributed by atoms with van der Waals surface area (Å²) >= 11 is 0. The lowest BCUT2D eigenvalue weighted by Gasteiger charge is -2.24. The SMILES string of the molecule is COc1ccc2[nH]cc3c2c1O[C@@H]1[C@H](C)CN(C)[C@H]1C3. The monoisotopic (exact) mass is 272 g/mol. The van der Waals surface area contributed by atoms with Gasteiger partial charge in [0.05, 0.1) is 13.2 Å². The number of H-pyrrole nitrogens is 1. The summed E-state index contributed by atoms with van der Waals surface area (Å²) in [6.07, 6.45) is 3.40. The van der Waals surface area contributed by atoms with Gasteiger partial charge in [-0.3, -0.25) is 4.90 Å². The van der Waals surface area contributed by atoms with Gasteiger partial charge < -0.3 is 14.5 Å². The molecule has 0 spiro atoms. The fraction of sp³-hybridized carbons (Fsp3) is 0.500. The summed E-state index contributed by atoms with van der Waals surface area (Å²) in [6, 6.07) is 4.50. The third-order valence-corrected chi connectivity index (χ3v) is 4.83. The van der Waals surface area contributed by atoms with Crippen molar-refractivity contribution in [3.05, 3.63) is 23.9 Å². The zero-order chi connectivity index (χ0) is 13.9. The molecule has 0 amide bonds. The van der Waals surface area contributed by atoms with Crippen molar-refractivity contribution in [1.82, 2.24) is 9.88 Å². The lowest BCUT2D eigenvalue weighted by molar-refractivity contribution is 0.130. The zero-order valence-electron chi connectivity index (χ0n) is 12.1. The predicted octanol–water partition coefficient (Wildman–Crippen LogP) is 2.43. The van der Waals surface area contributed by atoms with Gasteiger partial charge in [0.15, 0.2) is 11.5 Å². The van der Waals surface area contributed by atoms with Gasteiger partial charge in [-0.1, -0.05) is 6.92 Å². The first-order chi connectivity index (χ1) is 9.69. The molecule has 2 aliphatic heterocycles. The van der Waals surface area contributed by atoms with Gasteiger partial charge in [0.2, 0.25) is 0 Å². The van der Waals surface area contributed by atoms with E-state index in [9.17, 15) is 0 Å². The summed E-state index contributed by atoms with van der Waals surface area (Å²) in [4.78, 5) is 5.77. The standard InChI is InChI=1S/C16H20N2O2/c1-9-8-18(2)12-6-10-7-17-11-4-5-13(19-3)16(14(10)11)20-15(9)12/h4-5,7,9,12,15,17H,6,8H2,1-3H3/t9-,12+,15-/m1/s1. The largest absolute Gasteiger partial charge is 0.493 e. The molecule has 1 aromatic carbocycles. The molecule has 2 aliphatic rings. The van der Waals surface area contributed by atoms with Crippen molar-refractivity contribution in [2.45, 2.75) is 25.5 Å². The summed E-state index contributed by atoms with van der Waals surface area (Å²) in [7, 11) is 3.90. The van der Waals surface area contributed by atoms with E-state index in [1.807, 2.05) is 6.07 Å². The van der Waals surface area contributed by atoms with Crippen LogP contribution in [0.3, 0.4) is 0 Å². The van der Waals surface area contributed by atoms with Crippen molar-refractivity contribution in [2.75, 3.05) is 20.7 Å². The molecule has 3 heterocycles. The van der Waals surface area contributed by atoms with E-state index in [-0.39, 0.29) is 6.10 Å². The van der Waals surface area contributed by atoms with Crippen LogP contribution < -0.4 is 9.47 Å². The van der Waals surface area contributed by atoms with E-state index in [1.54, 1.807) is 7.11 Å². The number of ether oxygens (including phenoxy) is 2. The van der Waals surface area contributed by atoms with Crippen LogP contribution >= 0.6 is 0 Å². The van der Waals surface area contributed by atoms with Crippen LogP contribution in [0.4, 0.5) is 0 Å². The molecule has 1 fully saturated rings. The summed E-state index contributed by atoms with van der Waals surface area (Å²) in [5.74, 6) is 2.29. The highest BCUT2D eigenvalue weighted by Gasteiger charge is 2.42. The third-order valence-electron chi connectivity index (χ3n) is 4.83. The number of hydrogen-bond acceptors (Lipinski definition) is 3. The van der Waals surface area contributed by atoms with Crippen molar-refractivity contribution >= 4 is 10.9 Å². The highest BCUT2D eigenvalue weighted by atomic mass is 16.5. The Labute approximate surface area is 118 Å². The number of likely N-dealkylation sites (tertiary alicyclic amines) is 1. The number of aromatic amines is 1. The average molecular weight is 272 g/mol. The number of benzene rings is 1. The van der Waals surface area contributed by atoms with Crippen LogP contribution in [0.5, 0.6) is 11.5 Å². The molecule has 0 saturated carbocycles. The van der Waals surface area contributed by atoms with Gasteiger partial charge in [-0.25, -0.2) is 0 Å². The number of rotatable bonds is 1. The molecule has 0 bridgehead atoms. The van der Waals surface area contributed by atoms with E-state index in [1.165, 1.54) is 10.9 Å². The molecule has 1 N–H and O–H groups in total. The topological polar surface area (TPSA) is 37.5 Å². The number of fused-ring (bicyclic) bond motifs is 1. The van der Waals surface area contributed by atoms with E-state index >= 15 is 0 Å². The molecule has 1 aromatic heterocycles. The van der Waals surface area contributed by atoms with Crippen LogP contribution in [0.2, 0.25) is 0 Å². The molecule has 1 saturated heterocycles. The van der Waals surface area contributed by atoms with Crippen molar-refractivity contribution in [3.63, 3.8) is 0 Å². The lowest BCUT2D eigenvalue weighted by Crippen LogP contribution is -2.37. The average Bonchev–Trinajstić information content (AvgIpc) is 2.88. The highest BCUT2D eigenvalue weighted by molar-refractivity contribution is 5.92. The third kappa shape index (κ3) is 1.51. The first-order valence-electron chi connectivity index (χ1n) is 7.23. The van der Waals surface area contributed by atoms with Crippen LogP contribution in [0, 0.1) is 5.92 Å². The van der Waals surface area contributed by atoms with E-state index in [0.717, 1.165) is 30.0 Å². The molecule has 106 valence electrons. The Morgan fingerprint density at radius 2 is 2.25 bits per heavy atom. The Morgan fingerprint density at radius 1 is 1.40 bits per heavy atom. The van der Waals surface area contributed by atoms with Crippen molar-refractivity contribution in [3.8, 4) is 11.5 Å². The van der Waals surface area contributed by atoms with E-state index in [4.69, 9.17) is 9.47 Å². The molecule has 4 nitrogen and oxygen atoms in total. The number of methoxy groups -OCH3 is 1. The minimum absolute atomic E-state index is 0.242. The van der Waals surface area contributed by atoms with Crippen LogP contribution in [0.25, 0.3) is 10.9 Å². The normalized spacial score (nSPS) is 29.1. The first-order valence-corrected chi connectivity index (χ1v) is 7.23. The Hall–Kier alpha value is -1.68. The van der Waals surface area contributed by atoms with Gasteiger partial charge in [0, 0.05) is 29.6 Å². The van der Waals surface area contributed by atoms with Gasteiger partial charge in [-0.2, -0.15) is 0 Å². The Kier molecular flexibility index (Phi) is 2.51. The minimum Gasteiger partial charge on any atom is -0.493 e. The second kappa shape index (κ2) is 4.16. The molecule has 3 atom stereocenters. The lowest BCUT2D eigenvalue weighted by atomic mass is 9.99. The fourth-order valence-electron chi connectivity index (χ4n) is 3.83. The quantitative estimate of drug-likeness (QED) is 0.866. The fourth-order valence-corrected chi connectivity index (χ4v) is 3.83. The molecular formula is C16H20N2O2. The van der Waals surface area contributed by atoms with E-state index < -0.39 is 0 Å². The van der Waals surface area contributed by atoms with Crippen LogP contribution in [0.15, 0.2) is 18.3 Å². The maximum absolute atomic E-state index is 6.43. The summed E-state index contributed by atoms with van der Waals surface area (Å²) in [5, 5.41) is 1.19. The predicted molar refractivity (Wildman–Crippen MR) is 78.6 cm³/mol. The number of likely N-dealkylation sites (N-methyl/N-ethyl adjacent to an activating group) is 1. The number of nitrogens with one attached hydrogen (secondary N) is 1. The Balaban J connectivity index is 1.92. The van der Waals surface area contributed by atoms with Crippen LogP contribution in [-0.2, 0) is 6.42 Å². The van der Waals surface area contributed by atoms with E-state index in [2.05, 4.69) is 36.1 Å². The summed E-state index contributed by atoms with van der Waals surface area (Å²) < 4.78 is 11.9. The van der Waals surface area contributed by atoms with Gasteiger partial charge in [0.1, 0.15) is 6.10 Å². The number of aromatic nitrogens is 1. The zero-order valence-corrected chi connectivity index (χ0v) is 12.1. The molecular weight excluding hydrogens is 252 g/mol. The Bertz CT molecular complexity index is 664. The highest BCUT2D eigenvalue weighted by Crippen LogP contribution is 2.43. The molecule has 2 aromatic rings. The molecule has 20 heavy (non-hydrogen) atoms. The number of hydrogen-bond donors (Lipinski definition) is 1. The second-order valence-corrected chi connectivity index (χ2v) is 6.10. The van der Waals surface area contributed by atoms with Gasteiger partial charge in [-0.15, -0.1) is 0 Å².